The van der Waals surface area contributed by atoms with Crippen molar-refractivity contribution in [3.05, 3.63) is 42.9 Å². The van der Waals surface area contributed by atoms with E-state index in [0.29, 0.717) is 30.4 Å². The van der Waals surface area contributed by atoms with E-state index in [2.05, 4.69) is 31.2 Å². The molecule has 1 fully saturated rings. The summed E-state index contributed by atoms with van der Waals surface area (Å²) < 4.78 is 33.2. The Morgan fingerprint density at radius 1 is 1.11 bits per heavy atom. The standard InChI is InChI=1S/C24H33N7O4S/c1-18(28-32)7-5-3-4-6-12-31-17-25-21-23(30-13-15-35-16-14-30)26-22(27-24(21)31)19-8-10-20(11-9-19)29-36(2,33)34/h8-11,17,28-29,32H,1,3-7,12-16H2,2H3. The monoisotopic (exact) mass is 515 g/mol. The molecule has 1 saturated heterocycles. The molecule has 0 bridgehead atoms. The van der Waals surface area contributed by atoms with E-state index in [-0.39, 0.29) is 0 Å². The summed E-state index contributed by atoms with van der Waals surface area (Å²) in [6.07, 6.45) is 7.72. The molecular formula is C24H33N7O4S. The van der Waals surface area contributed by atoms with Crippen molar-refractivity contribution in [2.75, 3.05) is 42.2 Å². The number of hydrogen-bond acceptors (Lipinski definition) is 9. The third-order valence-corrected chi connectivity index (χ3v) is 6.59. The summed E-state index contributed by atoms with van der Waals surface area (Å²) in [5, 5.41) is 8.83. The minimum Gasteiger partial charge on any atom is -0.378 e. The maximum Gasteiger partial charge on any atom is 0.229 e. The number of hydrogen-bond donors (Lipinski definition) is 3. The highest BCUT2D eigenvalue weighted by Crippen LogP contribution is 2.28. The van der Waals surface area contributed by atoms with Gasteiger partial charge in [0.2, 0.25) is 10.0 Å². The van der Waals surface area contributed by atoms with Gasteiger partial charge < -0.3 is 14.2 Å². The molecule has 0 amide bonds. The number of allylic oxidation sites excluding steroid dienone is 1. The first kappa shape index (κ1) is 25.9. The fourth-order valence-electron chi connectivity index (χ4n) is 4.15. The number of anilines is 2. The Labute approximate surface area is 211 Å². The van der Waals surface area contributed by atoms with Crippen LogP contribution < -0.4 is 15.1 Å². The van der Waals surface area contributed by atoms with Crippen LogP contribution in [0.15, 0.2) is 42.9 Å². The number of fused-ring (bicyclic) bond motifs is 1. The molecule has 0 unspecified atom stereocenters. The predicted octanol–water partition coefficient (Wildman–Crippen LogP) is 3.14. The molecule has 1 aliphatic rings. The van der Waals surface area contributed by atoms with Crippen LogP contribution >= 0.6 is 0 Å². The number of sulfonamides is 1. The van der Waals surface area contributed by atoms with Gasteiger partial charge in [-0.1, -0.05) is 19.4 Å². The lowest BCUT2D eigenvalue weighted by atomic mass is 10.1. The molecule has 12 heteroatoms. The van der Waals surface area contributed by atoms with Crippen molar-refractivity contribution in [3.63, 3.8) is 0 Å². The van der Waals surface area contributed by atoms with Crippen LogP contribution in [0.5, 0.6) is 0 Å². The molecule has 0 saturated carbocycles. The van der Waals surface area contributed by atoms with Crippen molar-refractivity contribution in [1.82, 2.24) is 25.0 Å². The second kappa shape index (κ2) is 11.7. The van der Waals surface area contributed by atoms with Crippen LogP contribution in [0.3, 0.4) is 0 Å². The van der Waals surface area contributed by atoms with E-state index in [0.717, 1.165) is 80.5 Å². The van der Waals surface area contributed by atoms with Crippen LogP contribution in [-0.4, -0.2) is 65.7 Å². The number of aromatic nitrogens is 4. The van der Waals surface area contributed by atoms with Crippen LogP contribution in [0.4, 0.5) is 11.5 Å². The summed E-state index contributed by atoms with van der Waals surface area (Å²) in [6, 6.07) is 7.04. The number of nitrogens with one attached hydrogen (secondary N) is 2. The topological polar surface area (TPSA) is 134 Å². The fraction of sp³-hybridized carbons (Fsp3) is 0.458. The Bertz CT molecular complexity index is 1290. The molecule has 3 heterocycles. The van der Waals surface area contributed by atoms with Gasteiger partial charge in [0.05, 0.1) is 25.8 Å². The van der Waals surface area contributed by atoms with Gasteiger partial charge in [0.15, 0.2) is 22.8 Å². The van der Waals surface area contributed by atoms with Crippen molar-refractivity contribution < 1.29 is 18.4 Å². The van der Waals surface area contributed by atoms with Gasteiger partial charge in [-0.25, -0.2) is 23.4 Å². The molecule has 0 spiro atoms. The minimum atomic E-state index is -3.35. The zero-order chi connectivity index (χ0) is 25.5. The first-order valence-electron chi connectivity index (χ1n) is 12.1. The van der Waals surface area contributed by atoms with Crippen LogP contribution in [-0.2, 0) is 21.3 Å². The van der Waals surface area contributed by atoms with Crippen LogP contribution in [0.25, 0.3) is 22.6 Å². The zero-order valence-electron chi connectivity index (χ0n) is 20.5. The van der Waals surface area contributed by atoms with Gasteiger partial charge in [0, 0.05) is 36.6 Å². The van der Waals surface area contributed by atoms with Gasteiger partial charge in [-0.15, -0.1) is 0 Å². The van der Waals surface area contributed by atoms with E-state index < -0.39 is 10.0 Å². The predicted molar refractivity (Wildman–Crippen MR) is 139 cm³/mol. The van der Waals surface area contributed by atoms with Crippen molar-refractivity contribution >= 4 is 32.7 Å². The molecule has 1 aromatic carbocycles. The van der Waals surface area contributed by atoms with Gasteiger partial charge in [0.25, 0.3) is 0 Å². The van der Waals surface area contributed by atoms with Crippen LogP contribution in [0.1, 0.15) is 32.1 Å². The van der Waals surface area contributed by atoms with E-state index >= 15 is 0 Å². The number of imidazole rings is 1. The highest BCUT2D eigenvalue weighted by molar-refractivity contribution is 7.92. The number of benzene rings is 1. The summed E-state index contributed by atoms with van der Waals surface area (Å²) in [6.45, 7) is 7.23. The Morgan fingerprint density at radius 3 is 2.53 bits per heavy atom. The average molecular weight is 516 g/mol. The zero-order valence-corrected chi connectivity index (χ0v) is 21.3. The number of ether oxygens (including phenoxy) is 1. The highest BCUT2D eigenvalue weighted by Gasteiger charge is 2.21. The molecular weight excluding hydrogens is 482 g/mol. The van der Waals surface area contributed by atoms with E-state index in [9.17, 15) is 8.42 Å². The number of aryl methyl sites for hydroxylation is 1. The Hall–Kier alpha value is -3.22. The second-order valence-corrected chi connectivity index (χ2v) is 10.7. The number of unbranched alkanes of at least 4 members (excludes halogenated alkanes) is 3. The van der Waals surface area contributed by atoms with Crippen molar-refractivity contribution in [3.8, 4) is 11.4 Å². The number of nitrogens with zero attached hydrogens (tertiary/aromatic N) is 5. The smallest absolute Gasteiger partial charge is 0.229 e. The molecule has 3 N–H and O–H groups in total. The Balaban J connectivity index is 1.57. The minimum absolute atomic E-state index is 0.485. The summed E-state index contributed by atoms with van der Waals surface area (Å²) in [5.74, 6) is 1.34. The molecule has 0 radical (unpaired) electrons. The van der Waals surface area contributed by atoms with Gasteiger partial charge >= 0.3 is 0 Å². The molecule has 11 nitrogen and oxygen atoms in total. The summed E-state index contributed by atoms with van der Waals surface area (Å²) in [7, 11) is -3.35. The van der Waals surface area contributed by atoms with Crippen molar-refractivity contribution in [1.29, 1.82) is 0 Å². The molecule has 0 atom stereocenters. The average Bonchev–Trinajstić information content (AvgIpc) is 3.28. The maximum atomic E-state index is 11.5. The summed E-state index contributed by atoms with van der Waals surface area (Å²) in [4.78, 5) is 16.6. The number of hydroxylamine groups is 1. The number of rotatable bonds is 12. The van der Waals surface area contributed by atoms with E-state index in [1.807, 2.05) is 18.5 Å². The summed E-state index contributed by atoms with van der Waals surface area (Å²) >= 11 is 0. The van der Waals surface area contributed by atoms with Gasteiger partial charge in [-0.2, -0.15) is 0 Å². The number of morpholine rings is 1. The van der Waals surface area contributed by atoms with E-state index in [4.69, 9.17) is 19.9 Å². The SMILES string of the molecule is C=C(CCCCCCn1cnc2c(N3CCOCC3)nc(-c3ccc(NS(C)(=O)=O)cc3)nc21)NO. The van der Waals surface area contributed by atoms with Gasteiger partial charge in [-0.3, -0.25) is 15.4 Å². The molecule has 2 aromatic heterocycles. The van der Waals surface area contributed by atoms with Crippen LogP contribution in [0.2, 0.25) is 0 Å². The summed E-state index contributed by atoms with van der Waals surface area (Å²) in [5.41, 5.74) is 5.55. The highest BCUT2D eigenvalue weighted by atomic mass is 32.2. The molecule has 0 aliphatic carbocycles. The molecule has 194 valence electrons. The first-order valence-corrected chi connectivity index (χ1v) is 13.9. The lowest BCUT2D eigenvalue weighted by Crippen LogP contribution is -2.37. The third kappa shape index (κ3) is 6.71. The van der Waals surface area contributed by atoms with E-state index in [1.165, 1.54) is 0 Å². The fourth-order valence-corrected chi connectivity index (χ4v) is 4.71. The van der Waals surface area contributed by atoms with E-state index in [1.54, 1.807) is 12.1 Å². The van der Waals surface area contributed by atoms with Gasteiger partial charge in [0.1, 0.15) is 0 Å². The quantitative estimate of drug-likeness (QED) is 0.246. The third-order valence-electron chi connectivity index (χ3n) is 5.99. The first-order chi connectivity index (χ1) is 17.3. The Morgan fingerprint density at radius 2 is 1.83 bits per heavy atom. The van der Waals surface area contributed by atoms with Crippen molar-refractivity contribution in [2.45, 2.75) is 38.6 Å². The Kier molecular flexibility index (Phi) is 8.39. The maximum absolute atomic E-state index is 11.5. The van der Waals surface area contributed by atoms with Crippen LogP contribution in [0, 0.1) is 0 Å². The molecule has 4 rings (SSSR count). The van der Waals surface area contributed by atoms with Gasteiger partial charge in [-0.05, 0) is 43.5 Å². The molecule has 36 heavy (non-hydrogen) atoms. The second-order valence-electron chi connectivity index (χ2n) is 8.91. The van der Waals surface area contributed by atoms with Crippen molar-refractivity contribution in [2.24, 2.45) is 0 Å². The lowest BCUT2D eigenvalue weighted by molar-refractivity contribution is 0.122. The normalized spacial score (nSPS) is 14.2. The molecule has 3 aromatic rings. The largest absolute Gasteiger partial charge is 0.378 e. The lowest BCUT2D eigenvalue weighted by Gasteiger charge is -2.28. The molecule has 1 aliphatic heterocycles.